The lowest BCUT2D eigenvalue weighted by molar-refractivity contribution is 0.141. The Labute approximate surface area is 127 Å². The van der Waals surface area contributed by atoms with Gasteiger partial charge in [-0.15, -0.1) is 0 Å². The zero-order valence-corrected chi connectivity index (χ0v) is 13.2. The van der Waals surface area contributed by atoms with Crippen LogP contribution < -0.4 is 10.6 Å². The number of hydrogen-bond donors (Lipinski definition) is 3. The van der Waals surface area contributed by atoms with Gasteiger partial charge in [0.2, 0.25) is 0 Å². The first-order valence-electron chi connectivity index (χ1n) is 8.22. The number of rotatable bonds is 7. The van der Waals surface area contributed by atoms with Crippen LogP contribution in [0.3, 0.4) is 0 Å². The average Bonchev–Trinajstić information content (AvgIpc) is 2.53. The first-order valence-corrected chi connectivity index (χ1v) is 8.22. The summed E-state index contributed by atoms with van der Waals surface area (Å²) in [5.41, 5.74) is 1.15. The van der Waals surface area contributed by atoms with Crippen molar-refractivity contribution < 1.29 is 5.11 Å². The van der Waals surface area contributed by atoms with Gasteiger partial charge in [-0.3, -0.25) is 0 Å². The first kappa shape index (κ1) is 16.0. The number of nitrogens with one attached hydrogen (secondary N) is 2. The minimum Gasteiger partial charge on any atom is -0.396 e. The molecule has 2 unspecified atom stereocenters. The highest BCUT2D eigenvalue weighted by Gasteiger charge is 2.24. The zero-order chi connectivity index (χ0) is 15.1. The van der Waals surface area contributed by atoms with E-state index >= 15 is 0 Å². The molecule has 0 aliphatic heterocycles. The van der Waals surface area contributed by atoms with Crippen molar-refractivity contribution in [2.24, 2.45) is 11.8 Å². The van der Waals surface area contributed by atoms with Crippen LogP contribution in [0.4, 0.5) is 11.6 Å². The number of hydrogen-bond acceptors (Lipinski definition) is 5. The maximum absolute atomic E-state index is 9.51. The van der Waals surface area contributed by atoms with E-state index in [4.69, 9.17) is 0 Å². The Bertz CT molecular complexity index is 438. The van der Waals surface area contributed by atoms with Crippen molar-refractivity contribution in [3.8, 4) is 0 Å². The molecule has 0 bridgehead atoms. The second kappa shape index (κ2) is 8.17. The number of anilines is 2. The third-order valence-corrected chi connectivity index (χ3v) is 4.48. The maximum Gasteiger partial charge on any atom is 0.134 e. The summed E-state index contributed by atoms with van der Waals surface area (Å²) in [6.07, 6.45) is 7.39. The van der Waals surface area contributed by atoms with Crippen LogP contribution in [0, 0.1) is 11.8 Å². The van der Waals surface area contributed by atoms with E-state index in [-0.39, 0.29) is 0 Å². The van der Waals surface area contributed by atoms with E-state index in [0.717, 1.165) is 43.1 Å². The molecule has 0 saturated heterocycles. The summed E-state index contributed by atoms with van der Waals surface area (Å²) in [7, 11) is 0. The quantitative estimate of drug-likeness (QED) is 0.721. The van der Waals surface area contributed by atoms with Gasteiger partial charge >= 0.3 is 0 Å². The lowest BCUT2D eigenvalue weighted by Crippen LogP contribution is -2.29. The fourth-order valence-electron chi connectivity index (χ4n) is 3.24. The van der Waals surface area contributed by atoms with Gasteiger partial charge in [-0.1, -0.05) is 19.8 Å². The average molecular weight is 292 g/mol. The molecule has 1 fully saturated rings. The summed E-state index contributed by atoms with van der Waals surface area (Å²) >= 11 is 0. The summed E-state index contributed by atoms with van der Waals surface area (Å²) in [5.74, 6) is 2.85. The molecule has 2 rings (SSSR count). The zero-order valence-electron chi connectivity index (χ0n) is 13.2. The Morgan fingerprint density at radius 2 is 1.76 bits per heavy atom. The van der Waals surface area contributed by atoms with E-state index in [0.29, 0.717) is 18.4 Å². The molecule has 1 aliphatic rings. The lowest BCUT2D eigenvalue weighted by atomic mass is 9.79. The highest BCUT2D eigenvalue weighted by Crippen LogP contribution is 2.30. The third kappa shape index (κ3) is 4.06. The van der Waals surface area contributed by atoms with Crippen molar-refractivity contribution in [3.63, 3.8) is 0 Å². The summed E-state index contributed by atoms with van der Waals surface area (Å²) in [5, 5.41) is 16.3. The van der Waals surface area contributed by atoms with Crippen LogP contribution in [0.5, 0.6) is 0 Å². The maximum atomic E-state index is 9.51. The largest absolute Gasteiger partial charge is 0.396 e. The molecule has 5 heteroatoms. The summed E-state index contributed by atoms with van der Waals surface area (Å²) in [6, 6.07) is 0. The number of aromatic nitrogens is 2. The van der Waals surface area contributed by atoms with Crippen LogP contribution in [0.1, 0.15) is 45.1 Å². The minimum absolute atomic E-state index is 0.305. The van der Waals surface area contributed by atoms with Gasteiger partial charge in [0.05, 0.1) is 0 Å². The van der Waals surface area contributed by atoms with Crippen molar-refractivity contribution in [3.05, 3.63) is 11.9 Å². The molecule has 118 valence electrons. The molecule has 2 atom stereocenters. The van der Waals surface area contributed by atoms with Gasteiger partial charge in [0, 0.05) is 25.3 Å². The van der Waals surface area contributed by atoms with E-state index in [1.165, 1.54) is 19.3 Å². The van der Waals surface area contributed by atoms with Crippen LogP contribution >= 0.6 is 0 Å². The van der Waals surface area contributed by atoms with Gasteiger partial charge in [0.25, 0.3) is 0 Å². The normalized spacial score (nSPS) is 22.0. The molecule has 0 aromatic carbocycles. The highest BCUT2D eigenvalue weighted by atomic mass is 16.3. The summed E-state index contributed by atoms with van der Waals surface area (Å²) in [4.78, 5) is 8.73. The minimum atomic E-state index is 0.305. The Hall–Kier alpha value is -1.36. The van der Waals surface area contributed by atoms with Gasteiger partial charge in [-0.2, -0.15) is 0 Å². The lowest BCUT2D eigenvalue weighted by Gasteiger charge is -2.30. The molecule has 21 heavy (non-hydrogen) atoms. The monoisotopic (exact) mass is 292 g/mol. The van der Waals surface area contributed by atoms with Crippen molar-refractivity contribution in [1.29, 1.82) is 0 Å². The number of nitrogens with zero attached hydrogens (tertiary/aromatic N) is 2. The fourth-order valence-corrected chi connectivity index (χ4v) is 3.24. The molecule has 0 spiro atoms. The third-order valence-electron chi connectivity index (χ3n) is 4.48. The van der Waals surface area contributed by atoms with Crippen molar-refractivity contribution >= 4 is 11.6 Å². The van der Waals surface area contributed by atoms with E-state index in [1.54, 1.807) is 6.33 Å². The molecule has 3 N–H and O–H groups in total. The van der Waals surface area contributed by atoms with E-state index in [1.807, 2.05) is 0 Å². The highest BCUT2D eigenvalue weighted by molar-refractivity contribution is 5.57. The predicted octanol–water partition coefficient (Wildman–Crippen LogP) is 2.68. The molecular weight excluding hydrogens is 264 g/mol. The fraction of sp³-hybridized carbons (Fsp3) is 0.750. The van der Waals surface area contributed by atoms with Crippen LogP contribution in [0.25, 0.3) is 0 Å². The second-order valence-electron chi connectivity index (χ2n) is 5.80. The van der Waals surface area contributed by atoms with Crippen LogP contribution in [-0.4, -0.2) is 34.8 Å². The van der Waals surface area contributed by atoms with Crippen LogP contribution in [0.15, 0.2) is 6.33 Å². The molecule has 5 nitrogen and oxygen atoms in total. The molecular formula is C16H28N4O. The molecule has 1 aromatic rings. The number of aliphatic hydroxyl groups excluding tert-OH is 1. The summed E-state index contributed by atoms with van der Waals surface area (Å²) in [6.45, 7) is 6.25. The molecule has 1 saturated carbocycles. The van der Waals surface area contributed by atoms with Gasteiger partial charge in [-0.25, -0.2) is 9.97 Å². The summed E-state index contributed by atoms with van der Waals surface area (Å²) < 4.78 is 0. The van der Waals surface area contributed by atoms with Crippen LogP contribution in [0.2, 0.25) is 0 Å². The van der Waals surface area contributed by atoms with Crippen molar-refractivity contribution in [2.75, 3.05) is 30.3 Å². The van der Waals surface area contributed by atoms with E-state index in [9.17, 15) is 5.11 Å². The Kier molecular flexibility index (Phi) is 6.23. The second-order valence-corrected chi connectivity index (χ2v) is 5.80. The van der Waals surface area contributed by atoms with E-state index in [2.05, 4.69) is 34.4 Å². The first-order chi connectivity index (χ1) is 10.3. The van der Waals surface area contributed by atoms with Crippen molar-refractivity contribution in [1.82, 2.24) is 9.97 Å². The van der Waals surface area contributed by atoms with Gasteiger partial charge in [-0.05, 0) is 38.0 Å². The van der Waals surface area contributed by atoms with E-state index < -0.39 is 0 Å². The smallest absolute Gasteiger partial charge is 0.134 e. The Morgan fingerprint density at radius 1 is 1.10 bits per heavy atom. The Balaban J connectivity index is 2.03. The molecule has 0 radical (unpaired) electrons. The van der Waals surface area contributed by atoms with Gasteiger partial charge in [0.1, 0.15) is 18.0 Å². The molecule has 1 heterocycles. The van der Waals surface area contributed by atoms with Gasteiger partial charge < -0.3 is 15.7 Å². The van der Waals surface area contributed by atoms with Crippen LogP contribution in [-0.2, 0) is 6.42 Å². The Morgan fingerprint density at radius 3 is 2.38 bits per heavy atom. The van der Waals surface area contributed by atoms with Crippen molar-refractivity contribution in [2.45, 2.75) is 46.0 Å². The standard InChI is InChI=1S/C16H28N4O/c1-3-14-15(17-4-2)19-11-20-16(14)18-9-12-7-5-6-8-13(12)10-21/h11-13,21H,3-10H2,1-2H3,(H2,17,18,19,20). The molecule has 1 aliphatic carbocycles. The molecule has 0 amide bonds. The van der Waals surface area contributed by atoms with Gasteiger partial charge in [0.15, 0.2) is 0 Å². The SMILES string of the molecule is CCNc1ncnc(NCC2CCCCC2CO)c1CC. The number of aliphatic hydroxyl groups is 1. The topological polar surface area (TPSA) is 70.1 Å². The molecule has 1 aromatic heterocycles. The predicted molar refractivity (Wildman–Crippen MR) is 86.6 cm³/mol.